The quantitative estimate of drug-likeness (QED) is 0.717. The van der Waals surface area contributed by atoms with Gasteiger partial charge in [-0.3, -0.25) is 9.59 Å². The van der Waals surface area contributed by atoms with Crippen LogP contribution in [0.25, 0.3) is 0 Å². The summed E-state index contributed by atoms with van der Waals surface area (Å²) in [5.74, 6) is -0.202. The molecule has 0 saturated carbocycles. The first-order valence-corrected chi connectivity index (χ1v) is 7.11. The van der Waals surface area contributed by atoms with Gasteiger partial charge in [0.05, 0.1) is 12.7 Å². The minimum Gasteiger partial charge on any atom is -0.372 e. The Balaban J connectivity index is 2.40. The molecule has 0 aliphatic rings. The van der Waals surface area contributed by atoms with E-state index in [0.717, 1.165) is 11.1 Å². The molecule has 1 amide bonds. The predicted octanol–water partition coefficient (Wildman–Crippen LogP) is 1.32. The number of carbonyl (C=O) groups is 2. The summed E-state index contributed by atoms with van der Waals surface area (Å²) in [6.45, 7) is 3.91. The zero-order valence-corrected chi connectivity index (χ0v) is 12.7. The summed E-state index contributed by atoms with van der Waals surface area (Å²) in [7, 11) is 0. The van der Waals surface area contributed by atoms with E-state index >= 15 is 0 Å². The van der Waals surface area contributed by atoms with Gasteiger partial charge in [-0.2, -0.15) is 0 Å². The van der Waals surface area contributed by atoms with Gasteiger partial charge in [0.15, 0.2) is 0 Å². The number of primary amides is 1. The van der Waals surface area contributed by atoms with Crippen LogP contribution in [0.4, 0.5) is 0 Å². The van der Waals surface area contributed by atoms with Gasteiger partial charge in [-0.1, -0.05) is 24.3 Å². The average molecular weight is 292 g/mol. The van der Waals surface area contributed by atoms with Gasteiger partial charge >= 0.3 is 0 Å². The maximum Gasteiger partial charge on any atom is 0.217 e. The zero-order chi connectivity index (χ0) is 15.8. The van der Waals surface area contributed by atoms with Gasteiger partial charge in [0.25, 0.3) is 0 Å². The molecule has 1 rings (SSSR count). The van der Waals surface area contributed by atoms with Crippen molar-refractivity contribution >= 4 is 11.7 Å². The Morgan fingerprint density at radius 2 is 1.76 bits per heavy atom. The van der Waals surface area contributed by atoms with E-state index in [1.165, 1.54) is 0 Å². The first-order valence-electron chi connectivity index (χ1n) is 7.11. The fourth-order valence-electron chi connectivity index (χ4n) is 1.94. The number of carbonyl (C=O) groups excluding carboxylic acids is 2. The Morgan fingerprint density at radius 1 is 1.19 bits per heavy atom. The minimum atomic E-state index is -0.348. The van der Waals surface area contributed by atoms with E-state index in [-0.39, 0.29) is 30.3 Å². The molecule has 0 aliphatic heterocycles. The van der Waals surface area contributed by atoms with Crippen molar-refractivity contribution in [3.05, 3.63) is 35.4 Å². The average Bonchev–Trinajstić information content (AvgIpc) is 2.43. The van der Waals surface area contributed by atoms with E-state index < -0.39 is 0 Å². The smallest absolute Gasteiger partial charge is 0.217 e. The largest absolute Gasteiger partial charge is 0.372 e. The molecule has 1 aromatic carbocycles. The lowest BCUT2D eigenvalue weighted by atomic mass is 10.1. The van der Waals surface area contributed by atoms with Crippen LogP contribution in [0.2, 0.25) is 0 Å². The molecule has 0 bridgehead atoms. The van der Waals surface area contributed by atoms with E-state index in [0.29, 0.717) is 19.4 Å². The van der Waals surface area contributed by atoms with Crippen LogP contribution in [0, 0.1) is 0 Å². The Bertz CT molecular complexity index is 471. The molecule has 116 valence electrons. The first-order chi connectivity index (χ1) is 9.88. The summed E-state index contributed by atoms with van der Waals surface area (Å²) in [6, 6.07) is 7.53. The van der Waals surface area contributed by atoms with Crippen LogP contribution in [0.15, 0.2) is 24.3 Å². The van der Waals surface area contributed by atoms with Crippen molar-refractivity contribution in [2.24, 2.45) is 11.5 Å². The second kappa shape index (κ2) is 8.54. The van der Waals surface area contributed by atoms with Gasteiger partial charge in [-0.25, -0.2) is 0 Å². The standard InChI is InChI=1S/C16H24N2O3/c1-11(19)9-13-3-5-14(6-4-13)10-21-12(2)15(17)7-8-16(18)20/h3-6,12,15H,7-10,17H2,1-2H3,(H2,18,20)/t12-,15+/m1/s1. The fourth-order valence-corrected chi connectivity index (χ4v) is 1.94. The molecule has 0 fully saturated rings. The number of benzene rings is 1. The second-order valence-corrected chi connectivity index (χ2v) is 5.38. The lowest BCUT2D eigenvalue weighted by Crippen LogP contribution is -2.35. The van der Waals surface area contributed by atoms with Crippen molar-refractivity contribution in [1.82, 2.24) is 0 Å². The second-order valence-electron chi connectivity index (χ2n) is 5.38. The fraction of sp³-hybridized carbons (Fsp3) is 0.500. The van der Waals surface area contributed by atoms with Crippen LogP contribution in [0.1, 0.15) is 37.8 Å². The third kappa shape index (κ3) is 7.02. The van der Waals surface area contributed by atoms with Crippen molar-refractivity contribution in [1.29, 1.82) is 0 Å². The summed E-state index contributed by atoms with van der Waals surface area (Å²) < 4.78 is 5.70. The number of nitrogens with two attached hydrogens (primary N) is 2. The Hall–Kier alpha value is -1.72. The maximum absolute atomic E-state index is 11.0. The summed E-state index contributed by atoms with van der Waals surface area (Å²) in [6.07, 6.45) is 1.10. The molecule has 0 radical (unpaired) electrons. The third-order valence-corrected chi connectivity index (χ3v) is 3.32. The molecule has 0 aliphatic carbocycles. The number of Topliss-reactive ketones (excluding diaryl/α,β-unsaturated/α-hetero) is 1. The summed E-state index contributed by atoms with van der Waals surface area (Å²) >= 11 is 0. The normalized spacial score (nSPS) is 13.7. The van der Waals surface area contributed by atoms with Gasteiger partial charge in [0.1, 0.15) is 5.78 Å². The van der Waals surface area contributed by atoms with Crippen molar-refractivity contribution in [2.45, 2.75) is 51.9 Å². The van der Waals surface area contributed by atoms with Crippen LogP contribution < -0.4 is 11.5 Å². The van der Waals surface area contributed by atoms with Crippen LogP contribution >= 0.6 is 0 Å². The topological polar surface area (TPSA) is 95.4 Å². The molecule has 2 atom stereocenters. The highest BCUT2D eigenvalue weighted by molar-refractivity contribution is 5.78. The molecule has 5 nitrogen and oxygen atoms in total. The lowest BCUT2D eigenvalue weighted by Gasteiger charge is -2.20. The van der Waals surface area contributed by atoms with Crippen LogP contribution in [-0.2, 0) is 27.4 Å². The number of hydrogen-bond acceptors (Lipinski definition) is 4. The monoisotopic (exact) mass is 292 g/mol. The molecule has 1 aromatic rings. The summed E-state index contributed by atoms with van der Waals surface area (Å²) in [4.78, 5) is 21.7. The van der Waals surface area contributed by atoms with Crippen molar-refractivity contribution in [3.63, 3.8) is 0 Å². The highest BCUT2D eigenvalue weighted by Gasteiger charge is 2.14. The van der Waals surface area contributed by atoms with E-state index in [4.69, 9.17) is 16.2 Å². The molecule has 0 saturated heterocycles. The molecular weight excluding hydrogens is 268 g/mol. The minimum absolute atomic E-state index is 0.146. The Morgan fingerprint density at radius 3 is 2.29 bits per heavy atom. The summed E-state index contributed by atoms with van der Waals surface area (Å²) in [5, 5.41) is 0. The number of ether oxygens (including phenoxy) is 1. The lowest BCUT2D eigenvalue weighted by molar-refractivity contribution is -0.118. The highest BCUT2D eigenvalue weighted by atomic mass is 16.5. The Labute approximate surface area is 125 Å². The van der Waals surface area contributed by atoms with Gasteiger partial charge in [0, 0.05) is 18.9 Å². The van der Waals surface area contributed by atoms with Gasteiger partial charge in [-0.05, 0) is 31.4 Å². The molecule has 0 unspecified atom stereocenters. The summed E-state index contributed by atoms with van der Waals surface area (Å²) in [5.41, 5.74) is 13.1. The molecule has 21 heavy (non-hydrogen) atoms. The maximum atomic E-state index is 11.0. The molecule has 0 heterocycles. The molecule has 0 aromatic heterocycles. The van der Waals surface area contributed by atoms with E-state index in [1.807, 2.05) is 31.2 Å². The van der Waals surface area contributed by atoms with E-state index in [9.17, 15) is 9.59 Å². The predicted molar refractivity (Wildman–Crippen MR) is 81.5 cm³/mol. The Kier molecular flexibility index (Phi) is 7.05. The van der Waals surface area contributed by atoms with Crippen LogP contribution in [0.5, 0.6) is 0 Å². The van der Waals surface area contributed by atoms with Crippen LogP contribution in [0.3, 0.4) is 0 Å². The SMILES string of the molecule is CC(=O)Cc1ccc(CO[C@H](C)[C@@H](N)CCC(N)=O)cc1. The molecule has 0 spiro atoms. The number of ketones is 1. The number of hydrogen-bond donors (Lipinski definition) is 2. The van der Waals surface area contributed by atoms with Crippen molar-refractivity contribution in [2.75, 3.05) is 0 Å². The highest BCUT2D eigenvalue weighted by Crippen LogP contribution is 2.10. The molecular formula is C16H24N2O3. The van der Waals surface area contributed by atoms with Crippen molar-refractivity contribution in [3.8, 4) is 0 Å². The first kappa shape index (κ1) is 17.3. The number of amides is 1. The van der Waals surface area contributed by atoms with E-state index in [2.05, 4.69) is 0 Å². The number of rotatable bonds is 9. The van der Waals surface area contributed by atoms with Crippen LogP contribution in [-0.4, -0.2) is 23.8 Å². The zero-order valence-electron chi connectivity index (χ0n) is 12.7. The van der Waals surface area contributed by atoms with Gasteiger partial charge in [0.2, 0.25) is 5.91 Å². The van der Waals surface area contributed by atoms with Gasteiger partial charge < -0.3 is 16.2 Å². The van der Waals surface area contributed by atoms with Gasteiger partial charge in [-0.15, -0.1) is 0 Å². The third-order valence-electron chi connectivity index (χ3n) is 3.32. The van der Waals surface area contributed by atoms with E-state index in [1.54, 1.807) is 6.92 Å². The van der Waals surface area contributed by atoms with Crippen molar-refractivity contribution < 1.29 is 14.3 Å². The molecule has 5 heteroatoms. The molecule has 4 N–H and O–H groups in total.